The predicted molar refractivity (Wildman–Crippen MR) is 93.1 cm³/mol. The molecule has 3 rings (SSSR count). The molecule has 2 nitrogen and oxygen atoms in total. The normalized spacial score (nSPS) is 17.8. The lowest BCUT2D eigenvalue weighted by Gasteiger charge is -2.24. The van der Waals surface area contributed by atoms with Gasteiger partial charge in [-0.2, -0.15) is 0 Å². The van der Waals surface area contributed by atoms with Crippen LogP contribution in [0.4, 0.5) is 0 Å². The van der Waals surface area contributed by atoms with Crippen molar-refractivity contribution in [2.75, 3.05) is 0 Å². The Balaban J connectivity index is 1.92. The van der Waals surface area contributed by atoms with E-state index in [1.807, 2.05) is 24.3 Å². The molecule has 0 bridgehead atoms. The molecule has 1 aliphatic rings. The largest absolute Gasteiger partial charge is 0.322 e. The van der Waals surface area contributed by atoms with E-state index in [2.05, 4.69) is 36.4 Å². The Morgan fingerprint density at radius 3 is 1.86 bits per heavy atom. The van der Waals surface area contributed by atoms with Crippen LogP contribution in [0.3, 0.4) is 0 Å². The predicted octanol–water partition coefficient (Wildman–Crippen LogP) is 4.83. The maximum Gasteiger partial charge on any atom is 0.0940 e. The summed E-state index contributed by atoms with van der Waals surface area (Å²) in [6.45, 7) is 0. The van der Waals surface area contributed by atoms with Crippen molar-refractivity contribution in [3.05, 3.63) is 71.8 Å². The van der Waals surface area contributed by atoms with Crippen LogP contribution in [0.5, 0.6) is 0 Å². The van der Waals surface area contributed by atoms with Gasteiger partial charge < -0.3 is 5.73 Å². The molecule has 1 saturated carbocycles. The van der Waals surface area contributed by atoms with Gasteiger partial charge in [0.05, 0.1) is 12.1 Å². The summed E-state index contributed by atoms with van der Waals surface area (Å²) >= 11 is 0. The van der Waals surface area contributed by atoms with Crippen molar-refractivity contribution in [1.82, 2.24) is 0 Å². The summed E-state index contributed by atoms with van der Waals surface area (Å²) in [5.41, 5.74) is 10.3. The van der Waals surface area contributed by atoms with E-state index in [4.69, 9.17) is 10.7 Å². The number of nitrogens with zero attached hydrogens (tertiary/aromatic N) is 1. The molecule has 0 saturated heterocycles. The van der Waals surface area contributed by atoms with E-state index in [0.29, 0.717) is 0 Å². The van der Waals surface area contributed by atoms with E-state index in [1.54, 1.807) is 0 Å². The molecule has 1 fully saturated rings. The second kappa shape index (κ2) is 7.37. The van der Waals surface area contributed by atoms with E-state index in [9.17, 15) is 0 Å². The van der Waals surface area contributed by atoms with Gasteiger partial charge in [-0.05, 0) is 36.8 Å². The van der Waals surface area contributed by atoms with Crippen molar-refractivity contribution in [3.63, 3.8) is 0 Å². The van der Waals surface area contributed by atoms with Crippen LogP contribution in [-0.4, -0.2) is 5.71 Å². The zero-order valence-corrected chi connectivity index (χ0v) is 13.0. The third kappa shape index (κ3) is 3.63. The second-order valence-corrected chi connectivity index (χ2v) is 6.05. The van der Waals surface area contributed by atoms with Crippen LogP contribution < -0.4 is 5.73 Å². The first-order valence-corrected chi connectivity index (χ1v) is 8.25. The first-order valence-electron chi connectivity index (χ1n) is 8.25. The standard InChI is InChI=1S/C20H24N2/c21-19(16-10-4-1-5-11-16)20(17-12-6-2-7-13-17)22-18-14-8-3-9-15-18/h1-2,4-7,10-13,19-20H,3,8-9,14-15,21H2/t19-,20-/m0/s1. The summed E-state index contributed by atoms with van der Waals surface area (Å²) in [7, 11) is 0. The first kappa shape index (κ1) is 15.0. The Morgan fingerprint density at radius 1 is 0.727 bits per heavy atom. The Kier molecular flexibility index (Phi) is 5.02. The highest BCUT2D eigenvalue weighted by Crippen LogP contribution is 2.32. The van der Waals surface area contributed by atoms with Crippen molar-refractivity contribution in [2.45, 2.75) is 44.2 Å². The lowest BCUT2D eigenvalue weighted by molar-refractivity contribution is 0.565. The van der Waals surface area contributed by atoms with E-state index in [1.165, 1.54) is 30.5 Å². The molecule has 2 aromatic carbocycles. The fraction of sp³-hybridized carbons (Fsp3) is 0.350. The average Bonchev–Trinajstić information content (AvgIpc) is 2.61. The molecule has 2 aromatic rings. The van der Waals surface area contributed by atoms with Crippen LogP contribution in [0.25, 0.3) is 0 Å². The fourth-order valence-electron chi connectivity index (χ4n) is 3.16. The molecule has 0 unspecified atom stereocenters. The summed E-state index contributed by atoms with van der Waals surface area (Å²) in [6.07, 6.45) is 6.12. The minimum atomic E-state index is -0.0990. The molecule has 22 heavy (non-hydrogen) atoms. The highest BCUT2D eigenvalue weighted by molar-refractivity contribution is 5.85. The Hall–Kier alpha value is -1.93. The Labute approximate surface area is 133 Å². The van der Waals surface area contributed by atoms with E-state index < -0.39 is 0 Å². The third-order valence-electron chi connectivity index (χ3n) is 4.42. The van der Waals surface area contributed by atoms with Crippen LogP contribution in [0.1, 0.15) is 55.3 Å². The van der Waals surface area contributed by atoms with Gasteiger partial charge in [0, 0.05) is 5.71 Å². The number of hydrogen-bond acceptors (Lipinski definition) is 2. The lowest BCUT2D eigenvalue weighted by atomic mass is 9.93. The zero-order chi connectivity index (χ0) is 15.2. The topological polar surface area (TPSA) is 38.4 Å². The Morgan fingerprint density at radius 2 is 1.27 bits per heavy atom. The molecule has 2 N–H and O–H groups in total. The molecule has 0 aromatic heterocycles. The van der Waals surface area contributed by atoms with Crippen molar-refractivity contribution in [3.8, 4) is 0 Å². The van der Waals surface area contributed by atoms with Gasteiger partial charge in [-0.25, -0.2) is 0 Å². The SMILES string of the molecule is N[C@@H](c1ccccc1)[C@@H](N=C1CCCCC1)c1ccccc1. The van der Waals surface area contributed by atoms with Gasteiger partial charge in [-0.15, -0.1) is 0 Å². The number of hydrogen-bond donors (Lipinski definition) is 1. The average molecular weight is 292 g/mol. The second-order valence-electron chi connectivity index (χ2n) is 6.05. The third-order valence-corrected chi connectivity index (χ3v) is 4.42. The van der Waals surface area contributed by atoms with Crippen molar-refractivity contribution in [1.29, 1.82) is 0 Å². The van der Waals surface area contributed by atoms with Gasteiger partial charge in [0.1, 0.15) is 0 Å². The lowest BCUT2D eigenvalue weighted by Crippen LogP contribution is -2.20. The minimum absolute atomic E-state index is 0.0108. The van der Waals surface area contributed by atoms with Gasteiger partial charge in [0.2, 0.25) is 0 Å². The maximum atomic E-state index is 6.58. The first-order chi connectivity index (χ1) is 10.8. The van der Waals surface area contributed by atoms with Gasteiger partial charge in [-0.3, -0.25) is 4.99 Å². The zero-order valence-electron chi connectivity index (χ0n) is 13.0. The molecule has 0 amide bonds. The maximum absolute atomic E-state index is 6.58. The smallest absolute Gasteiger partial charge is 0.0940 e. The molecule has 0 aliphatic heterocycles. The summed E-state index contributed by atoms with van der Waals surface area (Å²) in [5.74, 6) is 0. The van der Waals surface area contributed by atoms with Crippen LogP contribution in [0.2, 0.25) is 0 Å². The molecule has 0 heterocycles. The molecular weight excluding hydrogens is 268 g/mol. The molecule has 0 spiro atoms. The molecule has 2 heteroatoms. The van der Waals surface area contributed by atoms with Crippen LogP contribution in [-0.2, 0) is 0 Å². The number of aliphatic imine (C=N–C) groups is 1. The van der Waals surface area contributed by atoms with Gasteiger partial charge in [0.15, 0.2) is 0 Å². The number of benzene rings is 2. The van der Waals surface area contributed by atoms with Crippen LogP contribution in [0.15, 0.2) is 65.7 Å². The summed E-state index contributed by atoms with van der Waals surface area (Å²) in [6, 6.07) is 20.7. The highest BCUT2D eigenvalue weighted by atomic mass is 14.9. The minimum Gasteiger partial charge on any atom is -0.322 e. The van der Waals surface area contributed by atoms with Crippen LogP contribution >= 0.6 is 0 Å². The quantitative estimate of drug-likeness (QED) is 0.861. The van der Waals surface area contributed by atoms with Gasteiger partial charge in [0.25, 0.3) is 0 Å². The Bertz CT molecular complexity index is 596. The summed E-state index contributed by atoms with van der Waals surface area (Å²) < 4.78 is 0. The monoisotopic (exact) mass is 292 g/mol. The van der Waals surface area contributed by atoms with E-state index in [-0.39, 0.29) is 12.1 Å². The van der Waals surface area contributed by atoms with Gasteiger partial charge >= 0.3 is 0 Å². The fourth-order valence-corrected chi connectivity index (χ4v) is 3.16. The van der Waals surface area contributed by atoms with E-state index >= 15 is 0 Å². The molecule has 114 valence electrons. The molecule has 1 aliphatic carbocycles. The summed E-state index contributed by atoms with van der Waals surface area (Å²) in [5, 5.41) is 0. The van der Waals surface area contributed by atoms with Crippen molar-refractivity contribution >= 4 is 5.71 Å². The van der Waals surface area contributed by atoms with Gasteiger partial charge in [-0.1, -0.05) is 67.1 Å². The van der Waals surface area contributed by atoms with Crippen molar-refractivity contribution < 1.29 is 0 Å². The number of nitrogens with two attached hydrogens (primary N) is 1. The molecule has 0 radical (unpaired) electrons. The summed E-state index contributed by atoms with van der Waals surface area (Å²) in [4.78, 5) is 5.07. The number of rotatable bonds is 4. The van der Waals surface area contributed by atoms with Crippen LogP contribution in [0, 0.1) is 0 Å². The van der Waals surface area contributed by atoms with E-state index in [0.717, 1.165) is 18.4 Å². The molecular formula is C20H24N2. The van der Waals surface area contributed by atoms with Crippen molar-refractivity contribution in [2.24, 2.45) is 10.7 Å². The molecule has 2 atom stereocenters. The highest BCUT2D eigenvalue weighted by Gasteiger charge is 2.21.